The van der Waals surface area contributed by atoms with Crippen molar-refractivity contribution >= 4 is 38.9 Å². The molecule has 0 bridgehead atoms. The van der Waals surface area contributed by atoms with Gasteiger partial charge in [0.25, 0.3) is 0 Å². The molecule has 0 N–H and O–H groups in total. The van der Waals surface area contributed by atoms with E-state index in [9.17, 15) is 0 Å². The maximum absolute atomic E-state index is 4.73. The third-order valence-electron chi connectivity index (χ3n) is 4.48. The molecule has 0 aliphatic heterocycles. The second-order valence-electron chi connectivity index (χ2n) is 6.02. The van der Waals surface area contributed by atoms with Crippen LogP contribution in [0.15, 0.2) is 90.0 Å². The van der Waals surface area contributed by atoms with Gasteiger partial charge in [0.05, 0.1) is 28.5 Å². The average Bonchev–Trinajstić information content (AvgIpc) is 3.00. The molecule has 3 heteroatoms. The zero-order chi connectivity index (χ0) is 16.6. The number of pyridine rings is 1. The van der Waals surface area contributed by atoms with Crippen LogP contribution in [0, 0.1) is 0 Å². The van der Waals surface area contributed by atoms with E-state index in [4.69, 9.17) is 5.10 Å². The normalized spacial score (nSPS) is 11.8. The van der Waals surface area contributed by atoms with Crippen molar-refractivity contribution in [1.82, 2.24) is 9.66 Å². The standard InChI is InChI=1S/C22H15N3/c1-4-10-20-16(7-1)13-14-17(24-20)15-23-25-21-11-5-2-8-18(21)19-9-3-6-12-22(19)25/h1-15H. The fourth-order valence-corrected chi connectivity index (χ4v) is 3.30. The number of aromatic nitrogens is 2. The van der Waals surface area contributed by atoms with E-state index in [2.05, 4.69) is 53.5 Å². The van der Waals surface area contributed by atoms with Crippen molar-refractivity contribution in [2.24, 2.45) is 5.10 Å². The molecule has 3 nitrogen and oxygen atoms in total. The largest absolute Gasteiger partial charge is 0.247 e. The molecule has 0 saturated carbocycles. The summed E-state index contributed by atoms with van der Waals surface area (Å²) < 4.78 is 1.99. The number of hydrogen-bond acceptors (Lipinski definition) is 2. The molecule has 2 aromatic heterocycles. The molecule has 0 unspecified atom stereocenters. The Bertz CT molecular complexity index is 1190. The Kier molecular flexibility index (Phi) is 3.10. The predicted octanol–water partition coefficient (Wildman–Crippen LogP) is 5.22. The van der Waals surface area contributed by atoms with Gasteiger partial charge in [-0.3, -0.25) is 0 Å². The van der Waals surface area contributed by atoms with Crippen molar-refractivity contribution < 1.29 is 0 Å². The first-order chi connectivity index (χ1) is 12.4. The Hall–Kier alpha value is -3.46. The third kappa shape index (κ3) is 2.29. The summed E-state index contributed by atoms with van der Waals surface area (Å²) in [6.07, 6.45) is 1.82. The molecule has 0 aliphatic carbocycles. The third-order valence-corrected chi connectivity index (χ3v) is 4.48. The Morgan fingerprint density at radius 2 is 1.32 bits per heavy atom. The summed E-state index contributed by atoms with van der Waals surface area (Å²) in [6, 6.07) is 28.9. The van der Waals surface area contributed by atoms with Gasteiger partial charge in [-0.2, -0.15) is 5.10 Å². The van der Waals surface area contributed by atoms with Crippen LogP contribution in [0.2, 0.25) is 0 Å². The van der Waals surface area contributed by atoms with Crippen LogP contribution in [0.4, 0.5) is 0 Å². The molecule has 5 rings (SSSR count). The van der Waals surface area contributed by atoms with Crippen LogP contribution in [0.25, 0.3) is 32.7 Å². The molecule has 118 valence electrons. The molecule has 5 aromatic rings. The minimum atomic E-state index is 0.848. The van der Waals surface area contributed by atoms with Gasteiger partial charge in [-0.05, 0) is 24.3 Å². The summed E-state index contributed by atoms with van der Waals surface area (Å²) in [6.45, 7) is 0. The maximum Gasteiger partial charge on any atom is 0.0838 e. The highest BCUT2D eigenvalue weighted by atomic mass is 15.3. The van der Waals surface area contributed by atoms with Gasteiger partial charge in [-0.25, -0.2) is 9.66 Å². The first kappa shape index (κ1) is 13.9. The molecule has 0 spiro atoms. The monoisotopic (exact) mass is 321 g/mol. The molecule has 0 aliphatic rings. The van der Waals surface area contributed by atoms with E-state index in [0.717, 1.165) is 27.6 Å². The van der Waals surface area contributed by atoms with Crippen molar-refractivity contribution in [2.75, 3.05) is 0 Å². The molecule has 25 heavy (non-hydrogen) atoms. The van der Waals surface area contributed by atoms with E-state index < -0.39 is 0 Å². The summed E-state index contributed by atoms with van der Waals surface area (Å²) in [5.74, 6) is 0. The van der Waals surface area contributed by atoms with Gasteiger partial charge in [-0.15, -0.1) is 0 Å². The SMILES string of the molecule is C(=Nn1c2ccccc2c2ccccc21)c1ccc2ccccc2n1. The lowest BCUT2D eigenvalue weighted by atomic mass is 10.2. The summed E-state index contributed by atoms with van der Waals surface area (Å²) in [5, 5.41) is 8.28. The quantitative estimate of drug-likeness (QED) is 0.410. The number of nitrogens with zero attached hydrogens (tertiary/aromatic N) is 3. The molecular weight excluding hydrogens is 306 g/mol. The molecule has 3 aromatic carbocycles. The summed E-state index contributed by atoms with van der Waals surface area (Å²) in [5.41, 5.74) is 4.02. The molecule has 2 heterocycles. The second kappa shape index (κ2) is 5.56. The zero-order valence-electron chi connectivity index (χ0n) is 13.5. The highest BCUT2D eigenvalue weighted by Gasteiger charge is 2.08. The second-order valence-corrected chi connectivity index (χ2v) is 6.02. The van der Waals surface area contributed by atoms with Gasteiger partial charge in [0.1, 0.15) is 0 Å². The Morgan fingerprint density at radius 3 is 2.08 bits per heavy atom. The highest BCUT2D eigenvalue weighted by molar-refractivity contribution is 6.08. The van der Waals surface area contributed by atoms with Crippen LogP contribution < -0.4 is 0 Å². The fraction of sp³-hybridized carbons (Fsp3) is 0. The molecule has 0 radical (unpaired) electrons. The predicted molar refractivity (Wildman–Crippen MR) is 104 cm³/mol. The van der Waals surface area contributed by atoms with Crippen molar-refractivity contribution in [2.45, 2.75) is 0 Å². The number of benzene rings is 3. The van der Waals surface area contributed by atoms with E-state index >= 15 is 0 Å². The summed E-state index contributed by atoms with van der Waals surface area (Å²) >= 11 is 0. The topological polar surface area (TPSA) is 30.2 Å². The lowest BCUT2D eigenvalue weighted by Gasteiger charge is -2.01. The number of hydrogen-bond donors (Lipinski definition) is 0. The molecule has 0 fully saturated rings. The van der Waals surface area contributed by atoms with E-state index in [1.54, 1.807) is 0 Å². The van der Waals surface area contributed by atoms with Gasteiger partial charge in [0.2, 0.25) is 0 Å². The first-order valence-corrected chi connectivity index (χ1v) is 8.28. The van der Waals surface area contributed by atoms with Gasteiger partial charge in [0.15, 0.2) is 0 Å². The fourth-order valence-electron chi connectivity index (χ4n) is 3.30. The van der Waals surface area contributed by atoms with Crippen molar-refractivity contribution in [3.8, 4) is 0 Å². The number of fused-ring (bicyclic) bond motifs is 4. The number of rotatable bonds is 2. The summed E-state index contributed by atoms with van der Waals surface area (Å²) in [4.78, 5) is 4.67. The van der Waals surface area contributed by atoms with E-state index in [1.165, 1.54) is 10.8 Å². The Balaban J connectivity index is 1.68. The first-order valence-electron chi connectivity index (χ1n) is 8.28. The van der Waals surface area contributed by atoms with Crippen molar-refractivity contribution in [3.63, 3.8) is 0 Å². The Morgan fingerprint density at radius 1 is 0.680 bits per heavy atom. The zero-order valence-corrected chi connectivity index (χ0v) is 13.5. The lowest BCUT2D eigenvalue weighted by molar-refractivity contribution is 0.973. The molecule has 0 amide bonds. The minimum Gasteiger partial charge on any atom is -0.247 e. The van der Waals surface area contributed by atoms with Gasteiger partial charge < -0.3 is 0 Å². The van der Waals surface area contributed by atoms with Crippen LogP contribution in [-0.2, 0) is 0 Å². The average molecular weight is 321 g/mol. The highest BCUT2D eigenvalue weighted by Crippen LogP contribution is 2.28. The van der Waals surface area contributed by atoms with E-state index in [-0.39, 0.29) is 0 Å². The van der Waals surface area contributed by atoms with Crippen LogP contribution in [-0.4, -0.2) is 15.9 Å². The van der Waals surface area contributed by atoms with Crippen LogP contribution >= 0.6 is 0 Å². The minimum absolute atomic E-state index is 0.848. The summed E-state index contributed by atoms with van der Waals surface area (Å²) in [7, 11) is 0. The van der Waals surface area contributed by atoms with E-state index in [0.29, 0.717) is 0 Å². The Labute approximate surface area is 144 Å². The van der Waals surface area contributed by atoms with Gasteiger partial charge >= 0.3 is 0 Å². The van der Waals surface area contributed by atoms with Gasteiger partial charge in [0, 0.05) is 16.2 Å². The lowest BCUT2D eigenvalue weighted by Crippen LogP contribution is -1.93. The van der Waals surface area contributed by atoms with Crippen molar-refractivity contribution in [1.29, 1.82) is 0 Å². The number of para-hydroxylation sites is 3. The van der Waals surface area contributed by atoms with Crippen LogP contribution in [0.1, 0.15) is 5.69 Å². The molecule has 0 atom stereocenters. The molecule has 0 saturated heterocycles. The van der Waals surface area contributed by atoms with Crippen molar-refractivity contribution in [3.05, 3.63) is 90.6 Å². The molecular formula is C22H15N3. The maximum atomic E-state index is 4.73. The van der Waals surface area contributed by atoms with Crippen LogP contribution in [0.5, 0.6) is 0 Å². The smallest absolute Gasteiger partial charge is 0.0838 e. The van der Waals surface area contributed by atoms with Gasteiger partial charge in [-0.1, -0.05) is 60.7 Å². The van der Waals surface area contributed by atoms with Crippen LogP contribution in [0.3, 0.4) is 0 Å². The van der Waals surface area contributed by atoms with E-state index in [1.807, 2.05) is 47.3 Å².